The Kier molecular flexibility index (Phi) is 6.36. The number of aromatic nitrogens is 1. The number of benzene rings is 2. The minimum Gasteiger partial charge on any atom is -0.489 e. The van der Waals surface area contributed by atoms with Crippen LogP contribution in [0.15, 0.2) is 72.9 Å². The van der Waals surface area contributed by atoms with Gasteiger partial charge >= 0.3 is 0 Å². The fourth-order valence-corrected chi connectivity index (χ4v) is 3.54. The zero-order chi connectivity index (χ0) is 21.6. The fraction of sp³-hybridized carbons (Fsp3) is 0.280. The molecule has 0 aliphatic carbocycles. The van der Waals surface area contributed by atoms with E-state index in [1.807, 2.05) is 49.4 Å². The summed E-state index contributed by atoms with van der Waals surface area (Å²) in [7, 11) is 0. The minimum atomic E-state index is -0.0255. The van der Waals surface area contributed by atoms with E-state index in [1.54, 1.807) is 6.20 Å². The number of rotatable bonds is 8. The maximum Gasteiger partial charge on any atom is 0.217 e. The largest absolute Gasteiger partial charge is 0.489 e. The molecule has 1 atom stereocenters. The molecule has 6 heteroatoms. The van der Waals surface area contributed by atoms with Gasteiger partial charge in [-0.1, -0.05) is 42.5 Å². The lowest BCUT2D eigenvalue weighted by Crippen LogP contribution is -2.54. The Hall–Kier alpha value is -3.54. The summed E-state index contributed by atoms with van der Waals surface area (Å²) in [5, 5.41) is 2.90. The normalized spacial score (nSPS) is 14.5. The van der Waals surface area contributed by atoms with E-state index in [9.17, 15) is 4.79 Å². The van der Waals surface area contributed by atoms with Gasteiger partial charge < -0.3 is 19.7 Å². The van der Waals surface area contributed by atoms with E-state index >= 15 is 0 Å². The Morgan fingerprint density at radius 2 is 1.87 bits per heavy atom. The van der Waals surface area contributed by atoms with Gasteiger partial charge in [-0.05, 0) is 36.2 Å². The number of hydrogen-bond acceptors (Lipinski definition) is 5. The molecule has 1 N–H and O–H groups in total. The van der Waals surface area contributed by atoms with Crippen molar-refractivity contribution in [1.29, 1.82) is 0 Å². The van der Waals surface area contributed by atoms with Crippen molar-refractivity contribution in [2.75, 3.05) is 18.0 Å². The summed E-state index contributed by atoms with van der Waals surface area (Å²) in [6.07, 6.45) is 1.80. The average Bonchev–Trinajstić information content (AvgIpc) is 2.75. The van der Waals surface area contributed by atoms with E-state index < -0.39 is 0 Å². The summed E-state index contributed by atoms with van der Waals surface area (Å²) in [6, 6.07) is 22.0. The van der Waals surface area contributed by atoms with E-state index in [2.05, 4.69) is 39.5 Å². The molecule has 31 heavy (non-hydrogen) atoms. The minimum absolute atomic E-state index is 0.00137. The number of amides is 1. The summed E-state index contributed by atoms with van der Waals surface area (Å²) in [5.41, 5.74) is 3.35. The SMILES string of the molecule is CC(=O)N[C@@H](C)c1ccc(N2CC(Oc3cc(OCc4ccccc4)ccn3)C2)cc1. The van der Waals surface area contributed by atoms with Crippen LogP contribution in [-0.4, -0.2) is 30.1 Å². The van der Waals surface area contributed by atoms with E-state index in [4.69, 9.17) is 9.47 Å². The molecule has 0 saturated carbocycles. The maximum absolute atomic E-state index is 11.2. The number of carbonyl (C=O) groups is 1. The first-order valence-corrected chi connectivity index (χ1v) is 10.5. The number of nitrogens with one attached hydrogen (secondary N) is 1. The summed E-state index contributed by atoms with van der Waals surface area (Å²) in [6.45, 7) is 5.63. The van der Waals surface area contributed by atoms with Gasteiger partial charge in [-0.15, -0.1) is 0 Å². The third-order valence-electron chi connectivity index (χ3n) is 5.27. The van der Waals surface area contributed by atoms with Gasteiger partial charge in [0.25, 0.3) is 0 Å². The molecule has 1 amide bonds. The summed E-state index contributed by atoms with van der Waals surface area (Å²) in [5.74, 6) is 1.30. The van der Waals surface area contributed by atoms with Crippen molar-refractivity contribution in [3.8, 4) is 11.6 Å². The van der Waals surface area contributed by atoms with Crippen LogP contribution in [-0.2, 0) is 11.4 Å². The van der Waals surface area contributed by atoms with Crippen LogP contribution in [0.5, 0.6) is 11.6 Å². The highest BCUT2D eigenvalue weighted by Gasteiger charge is 2.29. The Balaban J connectivity index is 1.26. The maximum atomic E-state index is 11.2. The molecule has 0 radical (unpaired) electrons. The van der Waals surface area contributed by atoms with E-state index in [1.165, 1.54) is 6.92 Å². The third-order valence-corrected chi connectivity index (χ3v) is 5.27. The van der Waals surface area contributed by atoms with Crippen molar-refractivity contribution in [1.82, 2.24) is 10.3 Å². The first kappa shape index (κ1) is 20.7. The van der Waals surface area contributed by atoms with Crippen LogP contribution in [0.3, 0.4) is 0 Å². The van der Waals surface area contributed by atoms with Crippen LogP contribution in [0.25, 0.3) is 0 Å². The van der Waals surface area contributed by atoms with E-state index in [-0.39, 0.29) is 18.1 Å². The number of anilines is 1. The van der Waals surface area contributed by atoms with Crippen LogP contribution in [0.4, 0.5) is 5.69 Å². The van der Waals surface area contributed by atoms with E-state index in [0.717, 1.165) is 35.7 Å². The molecule has 2 aromatic carbocycles. The van der Waals surface area contributed by atoms with E-state index in [0.29, 0.717) is 12.5 Å². The van der Waals surface area contributed by atoms with Crippen molar-refractivity contribution >= 4 is 11.6 Å². The summed E-state index contributed by atoms with van der Waals surface area (Å²) in [4.78, 5) is 17.8. The second-order valence-electron chi connectivity index (χ2n) is 7.76. The Bertz CT molecular complexity index is 1000. The van der Waals surface area contributed by atoms with Gasteiger partial charge in [-0.2, -0.15) is 0 Å². The summed E-state index contributed by atoms with van der Waals surface area (Å²) >= 11 is 0. The van der Waals surface area contributed by atoms with Crippen molar-refractivity contribution in [2.24, 2.45) is 0 Å². The molecule has 6 nitrogen and oxygen atoms in total. The molecule has 1 aliphatic rings. The molecule has 160 valence electrons. The van der Waals surface area contributed by atoms with Crippen LogP contribution >= 0.6 is 0 Å². The number of nitrogens with zero attached hydrogens (tertiary/aromatic N) is 2. The van der Waals surface area contributed by atoms with Crippen LogP contribution < -0.4 is 19.7 Å². The van der Waals surface area contributed by atoms with Gasteiger partial charge in [0.05, 0.1) is 19.1 Å². The highest BCUT2D eigenvalue weighted by molar-refractivity contribution is 5.73. The molecule has 0 bridgehead atoms. The molecule has 4 rings (SSSR count). The zero-order valence-corrected chi connectivity index (χ0v) is 17.8. The van der Waals surface area contributed by atoms with Crippen molar-refractivity contribution in [2.45, 2.75) is 32.6 Å². The molecular formula is C25H27N3O3. The van der Waals surface area contributed by atoms with Crippen LogP contribution in [0, 0.1) is 0 Å². The van der Waals surface area contributed by atoms with Crippen molar-refractivity contribution in [3.05, 3.63) is 84.1 Å². The third kappa shape index (κ3) is 5.54. The standard InChI is InChI=1S/C25H27N3O3/c1-18(27-19(2)29)21-8-10-22(11-9-21)28-15-24(16-28)31-25-14-23(12-13-26-25)30-17-20-6-4-3-5-7-20/h3-14,18,24H,15-17H2,1-2H3,(H,27,29)/t18-/m0/s1. The number of pyridine rings is 1. The second-order valence-corrected chi connectivity index (χ2v) is 7.76. The van der Waals surface area contributed by atoms with Gasteiger partial charge in [0.2, 0.25) is 11.8 Å². The lowest BCUT2D eigenvalue weighted by molar-refractivity contribution is -0.119. The van der Waals surface area contributed by atoms with Gasteiger partial charge in [0, 0.05) is 24.9 Å². The van der Waals surface area contributed by atoms with Crippen molar-refractivity contribution < 1.29 is 14.3 Å². The van der Waals surface area contributed by atoms with Gasteiger partial charge in [-0.25, -0.2) is 4.98 Å². The Morgan fingerprint density at radius 1 is 1.13 bits per heavy atom. The number of hydrogen-bond donors (Lipinski definition) is 1. The molecule has 0 unspecified atom stereocenters. The highest BCUT2D eigenvalue weighted by atomic mass is 16.5. The quantitative estimate of drug-likeness (QED) is 0.597. The molecule has 1 fully saturated rings. The van der Waals surface area contributed by atoms with Crippen LogP contribution in [0.2, 0.25) is 0 Å². The van der Waals surface area contributed by atoms with Gasteiger partial charge in [0.1, 0.15) is 18.5 Å². The molecule has 3 aromatic rings. The Morgan fingerprint density at radius 3 is 2.58 bits per heavy atom. The molecular weight excluding hydrogens is 390 g/mol. The van der Waals surface area contributed by atoms with Gasteiger partial charge in [0.15, 0.2) is 0 Å². The lowest BCUT2D eigenvalue weighted by Gasteiger charge is -2.40. The molecule has 0 spiro atoms. The fourth-order valence-electron chi connectivity index (χ4n) is 3.54. The monoisotopic (exact) mass is 417 g/mol. The highest BCUT2D eigenvalue weighted by Crippen LogP contribution is 2.26. The Labute approximate surface area is 182 Å². The smallest absolute Gasteiger partial charge is 0.217 e. The number of ether oxygens (including phenoxy) is 2. The average molecular weight is 418 g/mol. The first-order chi connectivity index (χ1) is 15.1. The zero-order valence-electron chi connectivity index (χ0n) is 17.8. The first-order valence-electron chi connectivity index (χ1n) is 10.5. The second kappa shape index (κ2) is 9.51. The lowest BCUT2D eigenvalue weighted by atomic mass is 10.1. The molecule has 1 aromatic heterocycles. The van der Waals surface area contributed by atoms with Crippen LogP contribution in [0.1, 0.15) is 31.0 Å². The molecule has 1 saturated heterocycles. The predicted molar refractivity (Wildman–Crippen MR) is 120 cm³/mol. The topological polar surface area (TPSA) is 63.7 Å². The molecule has 1 aliphatic heterocycles. The summed E-state index contributed by atoms with van der Waals surface area (Å²) < 4.78 is 11.9. The van der Waals surface area contributed by atoms with Gasteiger partial charge in [-0.3, -0.25) is 4.79 Å². The molecule has 2 heterocycles. The van der Waals surface area contributed by atoms with Crippen molar-refractivity contribution in [3.63, 3.8) is 0 Å². The predicted octanol–water partition coefficient (Wildman–Crippen LogP) is 4.13. The number of carbonyl (C=O) groups excluding carboxylic acids is 1.